The largest absolute Gasteiger partial charge is 0.314 e. The van der Waals surface area contributed by atoms with Gasteiger partial charge in [-0.25, -0.2) is 12.7 Å². The molecule has 19 heavy (non-hydrogen) atoms. The molecule has 1 aromatic rings. The van der Waals surface area contributed by atoms with Crippen molar-refractivity contribution in [2.45, 2.75) is 6.54 Å². The Hall–Kier alpha value is -0.470. The molecule has 1 fully saturated rings. The van der Waals surface area contributed by atoms with E-state index in [1.807, 2.05) is 16.8 Å². The predicted octanol–water partition coefficient (Wildman–Crippen LogP) is 0.415. The van der Waals surface area contributed by atoms with Crippen LogP contribution < -0.4 is 5.32 Å². The molecule has 5 nitrogen and oxygen atoms in total. The number of hydrogen-bond acceptors (Lipinski definition) is 5. The standard InChI is InChI=1S/C12H21N3O2S2/c1-14(10-12-2-8-18-11-12)19(16,17)9-7-15-5-3-13-4-6-15/h2,8,11,13H,3-7,9-10H2,1H3. The van der Waals surface area contributed by atoms with E-state index in [4.69, 9.17) is 0 Å². The number of thiophene rings is 1. The van der Waals surface area contributed by atoms with Gasteiger partial charge in [0.05, 0.1) is 5.75 Å². The SMILES string of the molecule is CN(Cc1ccsc1)S(=O)(=O)CCN1CCNCC1. The maximum Gasteiger partial charge on any atom is 0.215 e. The minimum absolute atomic E-state index is 0.202. The van der Waals surface area contributed by atoms with Crippen LogP contribution in [-0.4, -0.2) is 63.1 Å². The van der Waals surface area contributed by atoms with E-state index in [2.05, 4.69) is 10.2 Å². The number of hydrogen-bond donors (Lipinski definition) is 1. The fourth-order valence-electron chi connectivity index (χ4n) is 2.07. The fraction of sp³-hybridized carbons (Fsp3) is 0.667. The molecule has 108 valence electrons. The summed E-state index contributed by atoms with van der Waals surface area (Å²) in [6.07, 6.45) is 0. The van der Waals surface area contributed by atoms with Gasteiger partial charge in [-0.05, 0) is 22.4 Å². The Morgan fingerprint density at radius 3 is 2.79 bits per heavy atom. The first-order chi connectivity index (χ1) is 9.08. The number of nitrogens with one attached hydrogen (secondary N) is 1. The average Bonchev–Trinajstić information content (AvgIpc) is 2.90. The Labute approximate surface area is 119 Å². The van der Waals surface area contributed by atoms with Crippen LogP contribution in [0.3, 0.4) is 0 Å². The molecule has 0 unspecified atom stereocenters. The fourth-order valence-corrected chi connectivity index (χ4v) is 3.88. The first-order valence-corrected chi connectivity index (χ1v) is 9.01. The molecule has 2 rings (SSSR count). The zero-order chi connectivity index (χ0) is 13.7. The maximum absolute atomic E-state index is 12.2. The molecular weight excluding hydrogens is 282 g/mol. The molecule has 0 saturated carbocycles. The summed E-state index contributed by atoms with van der Waals surface area (Å²) in [5, 5.41) is 7.22. The molecule has 1 aliphatic rings. The quantitative estimate of drug-likeness (QED) is 0.827. The molecule has 0 aromatic carbocycles. The summed E-state index contributed by atoms with van der Waals surface area (Å²) in [5.41, 5.74) is 1.05. The van der Waals surface area contributed by atoms with Crippen LogP contribution in [-0.2, 0) is 16.6 Å². The lowest BCUT2D eigenvalue weighted by atomic mass is 10.3. The molecule has 1 N–H and O–H groups in total. The van der Waals surface area contributed by atoms with Crippen molar-refractivity contribution in [3.63, 3.8) is 0 Å². The summed E-state index contributed by atoms with van der Waals surface area (Å²) in [6, 6.07) is 1.97. The van der Waals surface area contributed by atoms with Crippen molar-refractivity contribution in [1.82, 2.24) is 14.5 Å². The Bertz CT molecular complexity index is 467. The molecular formula is C12H21N3O2S2. The van der Waals surface area contributed by atoms with E-state index in [1.165, 1.54) is 4.31 Å². The van der Waals surface area contributed by atoms with Crippen LogP contribution >= 0.6 is 11.3 Å². The molecule has 0 radical (unpaired) electrons. The lowest BCUT2D eigenvalue weighted by Gasteiger charge is -2.27. The normalized spacial score (nSPS) is 18.0. The van der Waals surface area contributed by atoms with Gasteiger partial charge in [0, 0.05) is 46.3 Å². The first kappa shape index (κ1) is 14.9. The van der Waals surface area contributed by atoms with E-state index in [0.717, 1.165) is 31.7 Å². The Morgan fingerprint density at radius 2 is 2.16 bits per heavy atom. The van der Waals surface area contributed by atoms with Crippen molar-refractivity contribution in [2.24, 2.45) is 0 Å². The molecule has 1 saturated heterocycles. The second kappa shape index (κ2) is 6.81. The van der Waals surface area contributed by atoms with Crippen molar-refractivity contribution >= 4 is 21.4 Å². The second-order valence-electron chi connectivity index (χ2n) is 4.80. The average molecular weight is 303 g/mol. The van der Waals surface area contributed by atoms with Crippen molar-refractivity contribution in [1.29, 1.82) is 0 Å². The van der Waals surface area contributed by atoms with E-state index in [9.17, 15) is 8.42 Å². The highest BCUT2D eigenvalue weighted by atomic mass is 32.2. The van der Waals surface area contributed by atoms with E-state index < -0.39 is 10.0 Å². The molecule has 0 atom stereocenters. The molecule has 1 aromatic heterocycles. The van der Waals surface area contributed by atoms with Gasteiger partial charge < -0.3 is 5.32 Å². The minimum atomic E-state index is -3.16. The molecule has 7 heteroatoms. The van der Waals surface area contributed by atoms with E-state index in [1.54, 1.807) is 18.4 Å². The third-order valence-corrected chi connectivity index (χ3v) is 5.84. The lowest BCUT2D eigenvalue weighted by molar-refractivity contribution is 0.252. The minimum Gasteiger partial charge on any atom is -0.314 e. The molecule has 0 bridgehead atoms. The Morgan fingerprint density at radius 1 is 1.42 bits per heavy atom. The Kier molecular flexibility index (Phi) is 5.35. The van der Waals surface area contributed by atoms with Gasteiger partial charge in [0.25, 0.3) is 0 Å². The summed E-state index contributed by atoms with van der Waals surface area (Å²) in [4.78, 5) is 2.20. The highest BCUT2D eigenvalue weighted by Crippen LogP contribution is 2.11. The van der Waals surface area contributed by atoms with Crippen LogP contribution in [0.4, 0.5) is 0 Å². The third kappa shape index (κ3) is 4.54. The van der Waals surface area contributed by atoms with Gasteiger partial charge in [-0.1, -0.05) is 0 Å². The van der Waals surface area contributed by atoms with Gasteiger partial charge in [-0.15, -0.1) is 0 Å². The lowest BCUT2D eigenvalue weighted by Crippen LogP contribution is -2.46. The van der Waals surface area contributed by atoms with Crippen LogP contribution in [0, 0.1) is 0 Å². The number of rotatable bonds is 6. The summed E-state index contributed by atoms with van der Waals surface area (Å²) in [6.45, 7) is 4.86. The van der Waals surface area contributed by atoms with Crippen LogP contribution in [0.2, 0.25) is 0 Å². The molecule has 0 aliphatic carbocycles. The van der Waals surface area contributed by atoms with Gasteiger partial charge in [-0.3, -0.25) is 4.90 Å². The summed E-state index contributed by atoms with van der Waals surface area (Å²) in [5.74, 6) is 0.202. The van der Waals surface area contributed by atoms with Crippen molar-refractivity contribution in [2.75, 3.05) is 45.5 Å². The Balaban J connectivity index is 1.83. The second-order valence-corrected chi connectivity index (χ2v) is 7.77. The zero-order valence-electron chi connectivity index (χ0n) is 11.2. The van der Waals surface area contributed by atoms with Gasteiger partial charge in [0.2, 0.25) is 10.0 Å². The van der Waals surface area contributed by atoms with Crippen LogP contribution in [0.15, 0.2) is 16.8 Å². The van der Waals surface area contributed by atoms with Crippen molar-refractivity contribution in [3.05, 3.63) is 22.4 Å². The summed E-state index contributed by atoms with van der Waals surface area (Å²) in [7, 11) is -1.50. The van der Waals surface area contributed by atoms with Crippen LogP contribution in [0.25, 0.3) is 0 Å². The third-order valence-electron chi connectivity index (χ3n) is 3.34. The number of sulfonamides is 1. The first-order valence-electron chi connectivity index (χ1n) is 6.46. The van der Waals surface area contributed by atoms with E-state index in [-0.39, 0.29) is 5.75 Å². The molecule has 2 heterocycles. The van der Waals surface area contributed by atoms with Crippen LogP contribution in [0.1, 0.15) is 5.56 Å². The number of nitrogens with zero attached hydrogens (tertiary/aromatic N) is 2. The van der Waals surface area contributed by atoms with Crippen molar-refractivity contribution in [3.8, 4) is 0 Å². The topological polar surface area (TPSA) is 52.7 Å². The summed E-state index contributed by atoms with van der Waals surface area (Å²) < 4.78 is 25.8. The van der Waals surface area contributed by atoms with E-state index in [0.29, 0.717) is 13.1 Å². The highest BCUT2D eigenvalue weighted by Gasteiger charge is 2.20. The zero-order valence-corrected chi connectivity index (χ0v) is 12.8. The molecule has 0 amide bonds. The van der Waals surface area contributed by atoms with Gasteiger partial charge in [-0.2, -0.15) is 11.3 Å². The smallest absolute Gasteiger partial charge is 0.215 e. The monoisotopic (exact) mass is 303 g/mol. The van der Waals surface area contributed by atoms with E-state index >= 15 is 0 Å². The molecule has 0 spiro atoms. The van der Waals surface area contributed by atoms with Gasteiger partial charge in [0.1, 0.15) is 0 Å². The van der Waals surface area contributed by atoms with Gasteiger partial charge in [0.15, 0.2) is 0 Å². The molecule has 1 aliphatic heterocycles. The van der Waals surface area contributed by atoms with Crippen molar-refractivity contribution < 1.29 is 8.42 Å². The van der Waals surface area contributed by atoms with Crippen LogP contribution in [0.5, 0.6) is 0 Å². The number of piperazine rings is 1. The highest BCUT2D eigenvalue weighted by molar-refractivity contribution is 7.89. The van der Waals surface area contributed by atoms with Gasteiger partial charge >= 0.3 is 0 Å². The summed E-state index contributed by atoms with van der Waals surface area (Å²) >= 11 is 1.59. The predicted molar refractivity (Wildman–Crippen MR) is 78.9 cm³/mol. The maximum atomic E-state index is 12.2.